The predicted octanol–water partition coefficient (Wildman–Crippen LogP) is 2.58. The molecule has 104 valence electrons. The zero-order chi connectivity index (χ0) is 14.6. The molecule has 0 spiro atoms. The van der Waals surface area contributed by atoms with Gasteiger partial charge in [0.25, 0.3) is 5.69 Å². The third kappa shape index (κ3) is 3.43. The van der Waals surface area contributed by atoms with Gasteiger partial charge in [0.15, 0.2) is 0 Å². The van der Waals surface area contributed by atoms with Crippen LogP contribution in [-0.4, -0.2) is 24.0 Å². The predicted molar refractivity (Wildman–Crippen MR) is 72.3 cm³/mol. The first-order valence-corrected chi connectivity index (χ1v) is 6.00. The van der Waals surface area contributed by atoms with Crippen LogP contribution in [0.3, 0.4) is 0 Å². The molecule has 0 radical (unpaired) electrons. The van der Waals surface area contributed by atoms with Gasteiger partial charge in [-0.1, -0.05) is 6.92 Å². The van der Waals surface area contributed by atoms with Crippen molar-refractivity contribution >= 4 is 17.3 Å². The molecular weight excluding hydrogens is 248 g/mol. The number of esters is 1. The number of hydrogen-bond donors (Lipinski definition) is 1. The number of anilines is 1. The molecule has 1 unspecified atom stereocenters. The van der Waals surface area contributed by atoms with Crippen molar-refractivity contribution in [2.24, 2.45) is 0 Å². The van der Waals surface area contributed by atoms with Crippen LogP contribution >= 0.6 is 0 Å². The average molecular weight is 266 g/mol. The first kappa shape index (κ1) is 14.9. The van der Waals surface area contributed by atoms with Crippen LogP contribution in [0.25, 0.3) is 0 Å². The van der Waals surface area contributed by atoms with Crippen LogP contribution in [-0.2, 0) is 9.53 Å². The summed E-state index contributed by atoms with van der Waals surface area (Å²) in [5.74, 6) is -0.384. The van der Waals surface area contributed by atoms with Gasteiger partial charge in [-0.2, -0.15) is 0 Å². The average Bonchev–Trinajstić information content (AvgIpc) is 2.36. The van der Waals surface area contributed by atoms with E-state index in [1.165, 1.54) is 13.2 Å². The van der Waals surface area contributed by atoms with Gasteiger partial charge in [-0.15, -0.1) is 0 Å². The topological polar surface area (TPSA) is 81.5 Å². The van der Waals surface area contributed by atoms with Crippen molar-refractivity contribution in [3.05, 3.63) is 33.4 Å². The second-order valence-electron chi connectivity index (χ2n) is 4.34. The van der Waals surface area contributed by atoms with Gasteiger partial charge in [0.1, 0.15) is 6.04 Å². The maximum absolute atomic E-state index is 11.5. The summed E-state index contributed by atoms with van der Waals surface area (Å²) in [6.07, 6.45) is 0.536. The number of nitro benzene ring substituents is 1. The molecule has 19 heavy (non-hydrogen) atoms. The van der Waals surface area contributed by atoms with E-state index >= 15 is 0 Å². The molecule has 0 heterocycles. The Balaban J connectivity index is 3.10. The molecule has 0 bridgehead atoms. The van der Waals surface area contributed by atoms with Crippen LogP contribution in [0, 0.1) is 24.0 Å². The van der Waals surface area contributed by atoms with E-state index in [2.05, 4.69) is 10.1 Å². The third-order valence-electron chi connectivity index (χ3n) is 2.96. The van der Waals surface area contributed by atoms with Crippen molar-refractivity contribution in [3.63, 3.8) is 0 Å². The van der Waals surface area contributed by atoms with E-state index in [9.17, 15) is 14.9 Å². The zero-order valence-corrected chi connectivity index (χ0v) is 11.5. The highest BCUT2D eigenvalue weighted by Gasteiger charge is 2.20. The summed E-state index contributed by atoms with van der Waals surface area (Å²) in [6.45, 7) is 5.36. The lowest BCUT2D eigenvalue weighted by molar-refractivity contribution is -0.385. The van der Waals surface area contributed by atoms with Crippen molar-refractivity contribution in [3.8, 4) is 0 Å². The lowest BCUT2D eigenvalue weighted by atomic mass is 10.1. The van der Waals surface area contributed by atoms with E-state index in [1.807, 2.05) is 13.8 Å². The summed E-state index contributed by atoms with van der Waals surface area (Å²) < 4.78 is 4.68. The Labute approximate surface area is 111 Å². The van der Waals surface area contributed by atoms with E-state index in [4.69, 9.17) is 0 Å². The number of nitrogens with one attached hydrogen (secondary N) is 1. The molecule has 0 aliphatic carbocycles. The van der Waals surface area contributed by atoms with Crippen LogP contribution in [0.5, 0.6) is 0 Å². The highest BCUT2D eigenvalue weighted by atomic mass is 16.6. The van der Waals surface area contributed by atoms with Crippen LogP contribution < -0.4 is 5.32 Å². The number of benzene rings is 1. The van der Waals surface area contributed by atoms with Gasteiger partial charge in [-0.25, -0.2) is 4.79 Å². The fourth-order valence-corrected chi connectivity index (χ4v) is 1.85. The second-order valence-corrected chi connectivity index (χ2v) is 4.34. The molecule has 0 saturated heterocycles. The molecule has 1 rings (SSSR count). The third-order valence-corrected chi connectivity index (χ3v) is 2.96. The van der Waals surface area contributed by atoms with Crippen LogP contribution in [0.1, 0.15) is 24.5 Å². The molecule has 1 aromatic carbocycles. The number of nitrogens with zero attached hydrogens (tertiary/aromatic N) is 1. The molecule has 0 aliphatic rings. The highest BCUT2D eigenvalue weighted by molar-refractivity contribution is 5.80. The van der Waals surface area contributed by atoms with Gasteiger partial charge in [-0.3, -0.25) is 10.1 Å². The van der Waals surface area contributed by atoms with E-state index < -0.39 is 11.0 Å². The SMILES string of the molecule is CCC(Nc1cc([N+](=O)[O-])c(C)cc1C)C(=O)OC. The molecular formula is C13H18N2O4. The molecule has 6 heteroatoms. The first-order valence-electron chi connectivity index (χ1n) is 6.00. The number of rotatable bonds is 5. The molecule has 0 saturated carbocycles. The van der Waals surface area contributed by atoms with Gasteiger partial charge in [0.2, 0.25) is 0 Å². The lowest BCUT2D eigenvalue weighted by Crippen LogP contribution is -2.30. The molecule has 0 aliphatic heterocycles. The number of aryl methyl sites for hydroxylation is 2. The molecule has 0 aromatic heterocycles. The summed E-state index contributed by atoms with van der Waals surface area (Å²) >= 11 is 0. The van der Waals surface area contributed by atoms with Crippen LogP contribution in [0.4, 0.5) is 11.4 Å². The Kier molecular flexibility index (Phi) is 4.86. The number of methoxy groups -OCH3 is 1. The summed E-state index contributed by atoms with van der Waals surface area (Å²) in [5.41, 5.74) is 2.06. The van der Waals surface area contributed by atoms with E-state index in [-0.39, 0.29) is 11.7 Å². The summed E-state index contributed by atoms with van der Waals surface area (Å²) in [7, 11) is 1.32. The van der Waals surface area contributed by atoms with Gasteiger partial charge in [0.05, 0.1) is 12.0 Å². The van der Waals surface area contributed by atoms with Crippen LogP contribution in [0.2, 0.25) is 0 Å². The van der Waals surface area contributed by atoms with Crippen molar-refractivity contribution in [1.29, 1.82) is 0 Å². The first-order chi connectivity index (χ1) is 8.90. The number of nitro groups is 1. The molecule has 1 aromatic rings. The fraction of sp³-hybridized carbons (Fsp3) is 0.462. The largest absolute Gasteiger partial charge is 0.467 e. The van der Waals surface area contributed by atoms with E-state index in [0.717, 1.165) is 5.56 Å². The second kappa shape index (κ2) is 6.17. The minimum atomic E-state index is -0.508. The maximum atomic E-state index is 11.5. The Morgan fingerprint density at radius 1 is 1.42 bits per heavy atom. The lowest BCUT2D eigenvalue weighted by Gasteiger charge is -2.17. The maximum Gasteiger partial charge on any atom is 0.328 e. The van der Waals surface area contributed by atoms with Crippen molar-refractivity contribution in [1.82, 2.24) is 0 Å². The summed E-state index contributed by atoms with van der Waals surface area (Å²) in [5, 5.41) is 13.9. The number of carbonyl (C=O) groups is 1. The van der Waals surface area contributed by atoms with Crippen molar-refractivity contribution in [2.45, 2.75) is 33.2 Å². The quantitative estimate of drug-likeness (QED) is 0.503. The Morgan fingerprint density at radius 2 is 2.05 bits per heavy atom. The number of ether oxygens (including phenoxy) is 1. The molecule has 0 amide bonds. The van der Waals surface area contributed by atoms with E-state index in [1.54, 1.807) is 13.0 Å². The monoisotopic (exact) mass is 266 g/mol. The minimum absolute atomic E-state index is 0.0350. The zero-order valence-electron chi connectivity index (χ0n) is 11.5. The van der Waals surface area contributed by atoms with Gasteiger partial charge in [-0.05, 0) is 31.9 Å². The fourth-order valence-electron chi connectivity index (χ4n) is 1.85. The van der Waals surface area contributed by atoms with Crippen molar-refractivity contribution in [2.75, 3.05) is 12.4 Å². The van der Waals surface area contributed by atoms with Crippen molar-refractivity contribution < 1.29 is 14.5 Å². The van der Waals surface area contributed by atoms with Gasteiger partial charge in [0, 0.05) is 17.3 Å². The Morgan fingerprint density at radius 3 is 2.53 bits per heavy atom. The number of hydrogen-bond acceptors (Lipinski definition) is 5. The smallest absolute Gasteiger partial charge is 0.328 e. The van der Waals surface area contributed by atoms with E-state index in [0.29, 0.717) is 17.7 Å². The Hall–Kier alpha value is -2.11. The molecule has 1 N–H and O–H groups in total. The standard InChI is InChI=1S/C13H18N2O4/c1-5-10(13(16)19-4)14-11-7-12(15(17)18)9(3)6-8(11)2/h6-7,10,14H,5H2,1-4H3. The molecule has 0 fully saturated rings. The normalized spacial score (nSPS) is 11.8. The van der Waals surface area contributed by atoms with Gasteiger partial charge < -0.3 is 10.1 Å². The van der Waals surface area contributed by atoms with Gasteiger partial charge >= 0.3 is 5.97 Å². The molecule has 1 atom stereocenters. The molecule has 6 nitrogen and oxygen atoms in total. The highest BCUT2D eigenvalue weighted by Crippen LogP contribution is 2.27. The summed E-state index contributed by atoms with van der Waals surface area (Å²) in [6, 6.07) is 2.67. The van der Waals surface area contributed by atoms with Crippen LogP contribution in [0.15, 0.2) is 12.1 Å². The summed E-state index contributed by atoms with van der Waals surface area (Å²) in [4.78, 5) is 22.0. The Bertz CT molecular complexity index is 500. The number of carbonyl (C=O) groups excluding carboxylic acids is 1. The minimum Gasteiger partial charge on any atom is -0.467 e.